The molecule has 2 aliphatic rings. The van der Waals surface area contributed by atoms with Crippen LogP contribution in [-0.4, -0.2) is 12.5 Å². The molecule has 2 saturated carbocycles. The van der Waals surface area contributed by atoms with Crippen LogP contribution >= 0.6 is 0 Å². The lowest BCUT2D eigenvalue weighted by atomic mass is 9.74. The van der Waals surface area contributed by atoms with E-state index in [-0.39, 0.29) is 5.91 Å². The molecule has 0 saturated heterocycles. The van der Waals surface area contributed by atoms with Crippen molar-refractivity contribution in [3.05, 3.63) is 0 Å². The number of nitriles is 1. The molecule has 3 nitrogen and oxygen atoms in total. The van der Waals surface area contributed by atoms with Gasteiger partial charge in [0.05, 0.1) is 6.07 Å². The molecule has 1 N–H and O–H groups in total. The molecule has 0 aromatic heterocycles. The number of rotatable bonds is 4. The first kappa shape index (κ1) is 11.4. The lowest BCUT2D eigenvalue weighted by Gasteiger charge is -2.29. The number of hydrogen-bond donors (Lipinski definition) is 1. The second kappa shape index (κ2) is 4.86. The summed E-state index contributed by atoms with van der Waals surface area (Å²) in [6.45, 7) is 0.757. The van der Waals surface area contributed by atoms with Crippen LogP contribution in [-0.2, 0) is 4.79 Å². The lowest BCUT2D eigenvalue weighted by molar-refractivity contribution is -0.129. The molecule has 2 aliphatic carbocycles. The summed E-state index contributed by atoms with van der Waals surface area (Å²) in [5, 5.41) is 12.2. The fraction of sp³-hybridized carbons (Fsp3) is 0.846. The van der Waals surface area contributed by atoms with Crippen molar-refractivity contribution in [2.75, 3.05) is 6.54 Å². The molecular formula is C13H20N2O. The van der Waals surface area contributed by atoms with Gasteiger partial charge in [-0.25, -0.2) is 0 Å². The first-order valence-electron chi connectivity index (χ1n) is 6.46. The minimum absolute atomic E-state index is 0.0182. The Hall–Kier alpha value is -1.04. The number of nitrogens with zero attached hydrogens (tertiary/aromatic N) is 1. The van der Waals surface area contributed by atoms with Crippen LogP contribution in [0.3, 0.4) is 0 Å². The van der Waals surface area contributed by atoms with Crippen molar-refractivity contribution in [2.45, 2.75) is 51.4 Å². The van der Waals surface area contributed by atoms with Gasteiger partial charge in [0.25, 0.3) is 0 Å². The quantitative estimate of drug-likeness (QED) is 0.790. The molecule has 0 radical (unpaired) electrons. The first-order chi connectivity index (χ1) is 7.77. The summed E-state index contributed by atoms with van der Waals surface area (Å²) < 4.78 is 0. The molecule has 0 spiro atoms. The van der Waals surface area contributed by atoms with Crippen molar-refractivity contribution in [2.24, 2.45) is 11.3 Å². The van der Waals surface area contributed by atoms with Crippen molar-refractivity contribution in [1.29, 1.82) is 5.26 Å². The van der Waals surface area contributed by atoms with Gasteiger partial charge in [-0.15, -0.1) is 0 Å². The minimum Gasteiger partial charge on any atom is -0.355 e. The SMILES string of the molecule is N#CC1(C(=O)NCCC2CC2)CCCCC1. The fourth-order valence-electron chi connectivity index (χ4n) is 2.51. The van der Waals surface area contributed by atoms with E-state index in [2.05, 4.69) is 11.4 Å². The van der Waals surface area contributed by atoms with Gasteiger partial charge in [0.1, 0.15) is 5.41 Å². The number of nitrogens with one attached hydrogen (secondary N) is 1. The second-order valence-electron chi connectivity index (χ2n) is 5.24. The van der Waals surface area contributed by atoms with Crippen LogP contribution in [0.25, 0.3) is 0 Å². The van der Waals surface area contributed by atoms with Crippen LogP contribution in [0.1, 0.15) is 51.4 Å². The van der Waals surface area contributed by atoms with Gasteiger partial charge >= 0.3 is 0 Å². The van der Waals surface area contributed by atoms with Gasteiger partial charge in [0, 0.05) is 6.54 Å². The third-order valence-corrected chi connectivity index (χ3v) is 3.89. The Labute approximate surface area is 97.2 Å². The molecule has 1 amide bonds. The Morgan fingerprint density at radius 2 is 2.00 bits per heavy atom. The summed E-state index contributed by atoms with van der Waals surface area (Å²) in [5.74, 6) is 0.819. The highest BCUT2D eigenvalue weighted by atomic mass is 16.2. The lowest BCUT2D eigenvalue weighted by Crippen LogP contribution is -2.41. The zero-order chi connectivity index (χ0) is 11.4. The highest BCUT2D eigenvalue weighted by Gasteiger charge is 2.39. The molecule has 88 valence electrons. The van der Waals surface area contributed by atoms with E-state index >= 15 is 0 Å². The van der Waals surface area contributed by atoms with Gasteiger partial charge < -0.3 is 5.32 Å². The molecule has 0 aliphatic heterocycles. The highest BCUT2D eigenvalue weighted by molar-refractivity contribution is 5.85. The molecular weight excluding hydrogens is 200 g/mol. The monoisotopic (exact) mass is 220 g/mol. The van der Waals surface area contributed by atoms with Gasteiger partial charge in [0.2, 0.25) is 5.91 Å². The molecule has 0 heterocycles. The third kappa shape index (κ3) is 2.55. The Balaban J connectivity index is 1.82. The largest absolute Gasteiger partial charge is 0.355 e. The average Bonchev–Trinajstić information content (AvgIpc) is 3.14. The summed E-state index contributed by atoms with van der Waals surface area (Å²) in [7, 11) is 0. The summed E-state index contributed by atoms with van der Waals surface area (Å²) >= 11 is 0. The Morgan fingerprint density at radius 1 is 1.31 bits per heavy atom. The van der Waals surface area contributed by atoms with Crippen molar-refractivity contribution in [3.63, 3.8) is 0 Å². The van der Waals surface area contributed by atoms with Crippen molar-refractivity contribution in [3.8, 4) is 6.07 Å². The normalized spacial score (nSPS) is 23.4. The molecule has 3 heteroatoms. The molecule has 0 unspecified atom stereocenters. The topological polar surface area (TPSA) is 52.9 Å². The Morgan fingerprint density at radius 3 is 2.56 bits per heavy atom. The number of hydrogen-bond acceptors (Lipinski definition) is 2. The van der Waals surface area contributed by atoms with Crippen LogP contribution in [0.5, 0.6) is 0 Å². The van der Waals surface area contributed by atoms with E-state index in [1.54, 1.807) is 0 Å². The summed E-state index contributed by atoms with van der Waals surface area (Å²) in [4.78, 5) is 12.0. The fourth-order valence-corrected chi connectivity index (χ4v) is 2.51. The highest BCUT2D eigenvalue weighted by Crippen LogP contribution is 2.36. The molecule has 0 atom stereocenters. The molecule has 0 bridgehead atoms. The van der Waals surface area contributed by atoms with Gasteiger partial charge in [0.15, 0.2) is 0 Å². The summed E-state index contributed by atoms with van der Waals surface area (Å²) in [6.07, 6.45) is 8.43. The van der Waals surface area contributed by atoms with Crippen LogP contribution < -0.4 is 5.32 Å². The van der Waals surface area contributed by atoms with Crippen molar-refractivity contribution in [1.82, 2.24) is 5.32 Å². The maximum absolute atomic E-state index is 12.0. The van der Waals surface area contributed by atoms with Gasteiger partial charge in [-0.3, -0.25) is 4.79 Å². The summed E-state index contributed by atoms with van der Waals surface area (Å²) in [6, 6.07) is 2.26. The molecule has 2 fully saturated rings. The van der Waals surface area contributed by atoms with E-state index in [4.69, 9.17) is 0 Å². The van der Waals surface area contributed by atoms with Crippen molar-refractivity contribution < 1.29 is 4.79 Å². The average molecular weight is 220 g/mol. The number of amides is 1. The smallest absolute Gasteiger partial charge is 0.240 e. The van der Waals surface area contributed by atoms with E-state index in [9.17, 15) is 10.1 Å². The Kier molecular flexibility index (Phi) is 3.48. The Bertz CT molecular complexity index is 296. The third-order valence-electron chi connectivity index (χ3n) is 3.89. The van der Waals surface area contributed by atoms with E-state index in [1.165, 1.54) is 19.3 Å². The predicted molar refractivity (Wildman–Crippen MR) is 61.5 cm³/mol. The van der Waals surface area contributed by atoms with Gasteiger partial charge in [-0.05, 0) is 25.2 Å². The minimum atomic E-state index is -0.707. The van der Waals surface area contributed by atoms with E-state index in [0.29, 0.717) is 0 Å². The standard InChI is InChI=1S/C13H20N2O/c14-10-13(7-2-1-3-8-13)12(16)15-9-6-11-4-5-11/h11H,1-9H2,(H,15,16). The molecule has 0 aromatic rings. The van der Waals surface area contributed by atoms with Crippen LogP contribution in [0.2, 0.25) is 0 Å². The van der Waals surface area contributed by atoms with E-state index < -0.39 is 5.41 Å². The van der Waals surface area contributed by atoms with Crippen LogP contribution in [0.4, 0.5) is 0 Å². The predicted octanol–water partition coefficient (Wildman–Crippen LogP) is 2.38. The van der Waals surface area contributed by atoms with Gasteiger partial charge in [-0.2, -0.15) is 5.26 Å². The first-order valence-corrected chi connectivity index (χ1v) is 6.46. The van der Waals surface area contributed by atoms with Crippen molar-refractivity contribution >= 4 is 5.91 Å². The van der Waals surface area contributed by atoms with Crippen LogP contribution in [0.15, 0.2) is 0 Å². The van der Waals surface area contributed by atoms with Crippen LogP contribution in [0, 0.1) is 22.7 Å². The molecule has 0 aromatic carbocycles. The van der Waals surface area contributed by atoms with Gasteiger partial charge in [-0.1, -0.05) is 32.1 Å². The van der Waals surface area contributed by atoms with E-state index in [1.807, 2.05) is 0 Å². The zero-order valence-electron chi connectivity index (χ0n) is 9.80. The zero-order valence-corrected chi connectivity index (χ0v) is 9.80. The maximum Gasteiger partial charge on any atom is 0.240 e. The van der Waals surface area contributed by atoms with E-state index in [0.717, 1.165) is 44.6 Å². The number of carbonyl (C=O) groups excluding carboxylic acids is 1. The molecule has 16 heavy (non-hydrogen) atoms. The molecule has 2 rings (SSSR count). The number of carbonyl (C=O) groups is 1. The summed E-state index contributed by atoms with van der Waals surface area (Å²) in [5.41, 5.74) is -0.707. The maximum atomic E-state index is 12.0. The second-order valence-corrected chi connectivity index (χ2v) is 5.24.